The van der Waals surface area contributed by atoms with E-state index in [0.29, 0.717) is 5.92 Å². The molecule has 4 heterocycles. The summed E-state index contributed by atoms with van der Waals surface area (Å²) in [7, 11) is 0. The van der Waals surface area contributed by atoms with E-state index in [2.05, 4.69) is 19.7 Å². The number of hydrogen-bond donors (Lipinski definition) is 0. The SMILES string of the molecule is CC1(C)OC[C@H](CCN2CCC[C@@H](c3nnc4n3CCC4)C2)O1. The van der Waals surface area contributed by atoms with Crippen molar-refractivity contribution in [3.63, 3.8) is 0 Å². The average Bonchev–Trinajstić information content (AvgIpc) is 3.20. The van der Waals surface area contributed by atoms with Crippen molar-refractivity contribution in [2.24, 2.45) is 0 Å². The highest BCUT2D eigenvalue weighted by molar-refractivity contribution is 5.07. The second-order valence-corrected chi connectivity index (χ2v) is 7.61. The fourth-order valence-corrected chi connectivity index (χ4v) is 4.18. The molecule has 0 spiro atoms. The summed E-state index contributed by atoms with van der Waals surface area (Å²) in [6, 6.07) is 0. The molecule has 0 radical (unpaired) electrons. The first-order valence-electron chi connectivity index (χ1n) is 9.07. The van der Waals surface area contributed by atoms with Gasteiger partial charge < -0.3 is 18.9 Å². The normalized spacial score (nSPS) is 30.7. The highest BCUT2D eigenvalue weighted by atomic mass is 16.7. The Kier molecular flexibility index (Phi) is 4.15. The lowest BCUT2D eigenvalue weighted by atomic mass is 9.97. The molecular weight excluding hydrogens is 292 g/mol. The van der Waals surface area contributed by atoms with E-state index < -0.39 is 5.79 Å². The van der Waals surface area contributed by atoms with Gasteiger partial charge in [0.15, 0.2) is 5.79 Å². The van der Waals surface area contributed by atoms with Gasteiger partial charge in [-0.1, -0.05) is 0 Å². The summed E-state index contributed by atoms with van der Waals surface area (Å²) in [5.41, 5.74) is 0. The number of ether oxygens (including phenoxy) is 2. The van der Waals surface area contributed by atoms with Gasteiger partial charge in [0, 0.05) is 32.0 Å². The van der Waals surface area contributed by atoms with E-state index in [1.807, 2.05) is 13.8 Å². The minimum absolute atomic E-state index is 0.239. The van der Waals surface area contributed by atoms with Gasteiger partial charge in [-0.05, 0) is 46.1 Å². The van der Waals surface area contributed by atoms with Gasteiger partial charge >= 0.3 is 0 Å². The molecule has 4 rings (SSSR count). The minimum atomic E-state index is -0.406. The summed E-state index contributed by atoms with van der Waals surface area (Å²) in [6.07, 6.45) is 6.10. The molecule has 2 fully saturated rings. The van der Waals surface area contributed by atoms with Crippen LogP contribution in [0.25, 0.3) is 0 Å². The first kappa shape index (κ1) is 15.5. The van der Waals surface area contributed by atoms with Crippen LogP contribution in [0.15, 0.2) is 0 Å². The zero-order valence-electron chi connectivity index (χ0n) is 14.3. The standard InChI is InChI=1S/C17H28N4O2/c1-17(2)22-12-14(23-17)7-10-20-8-3-5-13(11-20)16-19-18-15-6-4-9-21(15)16/h13-14H,3-12H2,1-2H3/t13-,14+/m1/s1. The van der Waals surface area contributed by atoms with Crippen molar-refractivity contribution in [2.75, 3.05) is 26.2 Å². The molecule has 2 atom stereocenters. The Bertz CT molecular complexity index is 557. The van der Waals surface area contributed by atoms with Crippen LogP contribution in [0.1, 0.15) is 57.1 Å². The van der Waals surface area contributed by atoms with Gasteiger partial charge in [0.25, 0.3) is 0 Å². The Morgan fingerprint density at radius 3 is 2.96 bits per heavy atom. The lowest BCUT2D eigenvalue weighted by Crippen LogP contribution is -2.37. The predicted octanol–water partition coefficient (Wildman–Crippen LogP) is 1.95. The molecule has 0 N–H and O–H groups in total. The van der Waals surface area contributed by atoms with Crippen LogP contribution >= 0.6 is 0 Å². The summed E-state index contributed by atoms with van der Waals surface area (Å²) < 4.78 is 14.0. The fraction of sp³-hybridized carbons (Fsp3) is 0.882. The molecule has 2 saturated heterocycles. The first-order chi connectivity index (χ1) is 11.1. The number of likely N-dealkylation sites (tertiary alicyclic amines) is 1. The van der Waals surface area contributed by atoms with E-state index >= 15 is 0 Å². The lowest BCUT2D eigenvalue weighted by Gasteiger charge is -2.32. The Morgan fingerprint density at radius 2 is 2.13 bits per heavy atom. The zero-order valence-corrected chi connectivity index (χ0v) is 14.3. The van der Waals surface area contributed by atoms with Gasteiger partial charge in [0.2, 0.25) is 0 Å². The van der Waals surface area contributed by atoms with Gasteiger partial charge in [-0.2, -0.15) is 0 Å². The molecular formula is C17H28N4O2. The van der Waals surface area contributed by atoms with Crippen molar-refractivity contribution >= 4 is 0 Å². The quantitative estimate of drug-likeness (QED) is 0.849. The monoisotopic (exact) mass is 320 g/mol. The van der Waals surface area contributed by atoms with Gasteiger partial charge in [-0.3, -0.25) is 0 Å². The van der Waals surface area contributed by atoms with Crippen LogP contribution in [0.4, 0.5) is 0 Å². The lowest BCUT2D eigenvalue weighted by molar-refractivity contribution is -0.139. The third kappa shape index (κ3) is 3.30. The minimum Gasteiger partial charge on any atom is -0.348 e. The molecule has 1 aromatic heterocycles. The van der Waals surface area contributed by atoms with E-state index in [0.717, 1.165) is 39.1 Å². The maximum absolute atomic E-state index is 5.92. The number of fused-ring (bicyclic) bond motifs is 1. The summed E-state index contributed by atoms with van der Waals surface area (Å²) in [5.74, 6) is 2.55. The maximum Gasteiger partial charge on any atom is 0.163 e. The second-order valence-electron chi connectivity index (χ2n) is 7.61. The van der Waals surface area contributed by atoms with Crippen LogP contribution in [-0.2, 0) is 22.4 Å². The third-order valence-electron chi connectivity index (χ3n) is 5.34. The van der Waals surface area contributed by atoms with Crippen molar-refractivity contribution in [2.45, 2.75) is 70.3 Å². The van der Waals surface area contributed by atoms with Gasteiger partial charge in [-0.15, -0.1) is 10.2 Å². The van der Waals surface area contributed by atoms with Crippen molar-refractivity contribution in [3.8, 4) is 0 Å². The molecule has 0 saturated carbocycles. The molecule has 3 aliphatic rings. The van der Waals surface area contributed by atoms with Crippen LogP contribution in [-0.4, -0.2) is 57.8 Å². The first-order valence-corrected chi connectivity index (χ1v) is 9.07. The summed E-state index contributed by atoms with van der Waals surface area (Å²) >= 11 is 0. The van der Waals surface area contributed by atoms with Gasteiger partial charge in [0.1, 0.15) is 11.6 Å². The Morgan fingerprint density at radius 1 is 1.22 bits per heavy atom. The number of aryl methyl sites for hydroxylation is 1. The molecule has 1 aromatic rings. The van der Waals surface area contributed by atoms with Crippen molar-refractivity contribution < 1.29 is 9.47 Å². The van der Waals surface area contributed by atoms with Gasteiger partial charge in [0.05, 0.1) is 12.7 Å². The number of hydrogen-bond acceptors (Lipinski definition) is 5. The molecule has 3 aliphatic heterocycles. The predicted molar refractivity (Wildman–Crippen MR) is 86.3 cm³/mol. The number of nitrogens with zero attached hydrogens (tertiary/aromatic N) is 4. The zero-order chi connectivity index (χ0) is 15.9. The Hall–Kier alpha value is -0.980. The van der Waals surface area contributed by atoms with Crippen LogP contribution < -0.4 is 0 Å². The Balaban J connectivity index is 1.32. The maximum atomic E-state index is 5.92. The summed E-state index contributed by atoms with van der Waals surface area (Å²) in [5, 5.41) is 8.87. The van der Waals surface area contributed by atoms with E-state index in [1.54, 1.807) is 0 Å². The molecule has 6 nitrogen and oxygen atoms in total. The second kappa shape index (κ2) is 6.15. The molecule has 0 unspecified atom stereocenters. The average molecular weight is 320 g/mol. The topological polar surface area (TPSA) is 52.4 Å². The molecule has 6 heteroatoms. The van der Waals surface area contributed by atoms with Crippen molar-refractivity contribution in [3.05, 3.63) is 11.6 Å². The van der Waals surface area contributed by atoms with E-state index in [1.165, 1.54) is 37.5 Å². The largest absolute Gasteiger partial charge is 0.348 e. The number of piperidine rings is 1. The van der Waals surface area contributed by atoms with Crippen molar-refractivity contribution in [1.29, 1.82) is 0 Å². The highest BCUT2D eigenvalue weighted by Crippen LogP contribution is 2.29. The van der Waals surface area contributed by atoms with E-state index in [9.17, 15) is 0 Å². The van der Waals surface area contributed by atoms with Crippen LogP contribution in [0.2, 0.25) is 0 Å². The fourth-order valence-electron chi connectivity index (χ4n) is 4.18. The van der Waals surface area contributed by atoms with Crippen LogP contribution in [0, 0.1) is 0 Å². The van der Waals surface area contributed by atoms with Crippen molar-refractivity contribution in [1.82, 2.24) is 19.7 Å². The summed E-state index contributed by atoms with van der Waals surface area (Å²) in [4.78, 5) is 2.57. The molecule has 128 valence electrons. The smallest absolute Gasteiger partial charge is 0.163 e. The van der Waals surface area contributed by atoms with Crippen LogP contribution in [0.5, 0.6) is 0 Å². The molecule has 0 aromatic carbocycles. The van der Waals surface area contributed by atoms with E-state index in [-0.39, 0.29) is 6.10 Å². The number of aromatic nitrogens is 3. The highest BCUT2D eigenvalue weighted by Gasteiger charge is 2.33. The Labute approximate surface area is 138 Å². The summed E-state index contributed by atoms with van der Waals surface area (Å²) in [6.45, 7) is 9.20. The molecule has 0 bridgehead atoms. The molecule has 23 heavy (non-hydrogen) atoms. The number of rotatable bonds is 4. The van der Waals surface area contributed by atoms with Gasteiger partial charge in [-0.25, -0.2) is 0 Å². The molecule has 0 aliphatic carbocycles. The molecule has 0 amide bonds. The third-order valence-corrected chi connectivity index (χ3v) is 5.34. The van der Waals surface area contributed by atoms with Crippen LogP contribution in [0.3, 0.4) is 0 Å². The van der Waals surface area contributed by atoms with E-state index in [4.69, 9.17) is 9.47 Å².